The number of nitrogens with zero attached hydrogens (tertiary/aromatic N) is 3. The fraction of sp³-hybridized carbons (Fsp3) is 0.556. The second-order valence-electron chi connectivity index (χ2n) is 6.79. The van der Waals surface area contributed by atoms with Gasteiger partial charge in [-0.1, -0.05) is 30.3 Å². The molecule has 3 atom stereocenters. The van der Waals surface area contributed by atoms with Crippen molar-refractivity contribution in [3.05, 3.63) is 48.5 Å². The van der Waals surface area contributed by atoms with E-state index in [0.29, 0.717) is 19.0 Å². The van der Waals surface area contributed by atoms with E-state index in [1.54, 1.807) is 18.1 Å². The molecule has 130 valence electrons. The molecule has 0 bridgehead atoms. The number of hydrogen-bond donors (Lipinski definition) is 1. The molecule has 0 radical (unpaired) electrons. The van der Waals surface area contributed by atoms with Gasteiger partial charge in [0.05, 0.1) is 18.8 Å². The number of benzene rings is 1. The van der Waals surface area contributed by atoms with Crippen molar-refractivity contribution in [2.24, 2.45) is 11.3 Å². The molecule has 1 fully saturated rings. The summed E-state index contributed by atoms with van der Waals surface area (Å²) in [6.07, 6.45) is 5.70. The van der Waals surface area contributed by atoms with Crippen LogP contribution in [0.25, 0.3) is 0 Å². The largest absolute Gasteiger partial charge is 0.387 e. The Morgan fingerprint density at radius 1 is 1.38 bits per heavy atom. The average Bonchev–Trinajstić information content (AvgIpc) is 3.18. The molecule has 1 N–H and O–H groups in total. The Morgan fingerprint density at radius 2 is 2.17 bits per heavy atom. The molecule has 0 spiro atoms. The van der Waals surface area contributed by atoms with Gasteiger partial charge in [0.2, 0.25) is 0 Å². The molecule has 1 aromatic carbocycles. The Balaban J connectivity index is 1.92. The number of hydrogen-bond acceptors (Lipinski definition) is 4. The molecule has 24 heavy (non-hydrogen) atoms. The summed E-state index contributed by atoms with van der Waals surface area (Å²) < 4.78 is 7.14. The minimum absolute atomic E-state index is 0.0954. The summed E-state index contributed by atoms with van der Waals surface area (Å²) in [5.41, 5.74) is -0.245. The van der Waals surface area contributed by atoms with Crippen LogP contribution < -0.4 is 0 Å². The van der Waals surface area contributed by atoms with Crippen molar-refractivity contribution >= 4 is 11.6 Å². The lowest BCUT2D eigenvalue weighted by molar-refractivity contribution is -0.120. The van der Waals surface area contributed by atoms with Gasteiger partial charge in [-0.15, -0.1) is 11.6 Å². The van der Waals surface area contributed by atoms with Gasteiger partial charge in [-0.3, -0.25) is 4.68 Å². The first-order valence-corrected chi connectivity index (χ1v) is 8.80. The second kappa shape index (κ2) is 7.21. The van der Waals surface area contributed by atoms with Gasteiger partial charge in [-0.2, -0.15) is 5.10 Å². The number of rotatable bonds is 7. The number of aliphatic hydroxyl groups is 1. The van der Waals surface area contributed by atoms with Crippen LogP contribution in [0, 0.1) is 11.3 Å². The molecule has 1 heterocycles. The highest BCUT2D eigenvalue weighted by Gasteiger charge is 2.59. The van der Waals surface area contributed by atoms with E-state index in [9.17, 15) is 5.11 Å². The minimum atomic E-state index is -0.992. The first kappa shape index (κ1) is 17.4. The Bertz CT molecular complexity index is 637. The van der Waals surface area contributed by atoms with E-state index in [4.69, 9.17) is 16.3 Å². The van der Waals surface area contributed by atoms with Gasteiger partial charge in [0.25, 0.3) is 0 Å². The monoisotopic (exact) mass is 349 g/mol. The van der Waals surface area contributed by atoms with Gasteiger partial charge in [-0.05, 0) is 30.7 Å². The lowest BCUT2D eigenvalue weighted by Crippen LogP contribution is -2.55. The van der Waals surface area contributed by atoms with Crippen LogP contribution in [0.4, 0.5) is 0 Å². The first-order valence-electron chi connectivity index (χ1n) is 8.27. The van der Waals surface area contributed by atoms with Crippen LogP contribution in [0.5, 0.6) is 0 Å². The molecule has 2 aromatic rings. The Morgan fingerprint density at radius 3 is 2.79 bits per heavy atom. The molecule has 5 nitrogen and oxygen atoms in total. The number of ether oxygens (including phenoxy) is 1. The van der Waals surface area contributed by atoms with Crippen LogP contribution in [-0.4, -0.2) is 45.1 Å². The van der Waals surface area contributed by atoms with Crippen LogP contribution in [0.1, 0.15) is 18.4 Å². The molecule has 1 aliphatic carbocycles. The van der Waals surface area contributed by atoms with Crippen molar-refractivity contribution in [3.63, 3.8) is 0 Å². The van der Waals surface area contributed by atoms with E-state index in [-0.39, 0.29) is 5.92 Å². The summed E-state index contributed by atoms with van der Waals surface area (Å²) >= 11 is 6.35. The van der Waals surface area contributed by atoms with Crippen molar-refractivity contribution < 1.29 is 9.84 Å². The average molecular weight is 350 g/mol. The molecule has 6 heteroatoms. The summed E-state index contributed by atoms with van der Waals surface area (Å²) in [6, 6.07) is 10.3. The highest BCUT2D eigenvalue weighted by atomic mass is 35.5. The van der Waals surface area contributed by atoms with Crippen LogP contribution in [0.3, 0.4) is 0 Å². The van der Waals surface area contributed by atoms with Crippen LogP contribution in [0.2, 0.25) is 0 Å². The minimum Gasteiger partial charge on any atom is -0.387 e. The highest BCUT2D eigenvalue weighted by molar-refractivity contribution is 6.18. The number of alkyl halides is 1. The molecular formula is C18H24ClN3O2. The van der Waals surface area contributed by atoms with E-state index in [1.807, 2.05) is 18.2 Å². The standard InChI is InChI=1S/C18H24ClN3O2/c1-24-12-17(10-19)8-7-16(9-15-5-3-2-4-6-15)18(17,23)11-22-14-20-13-21-22/h2-6,13-14,16,23H,7-12H2,1H3. The Kier molecular flexibility index (Phi) is 5.23. The lowest BCUT2D eigenvalue weighted by Gasteiger charge is -2.43. The maximum Gasteiger partial charge on any atom is 0.137 e. The normalized spacial score (nSPS) is 29.9. The zero-order valence-corrected chi connectivity index (χ0v) is 14.7. The topological polar surface area (TPSA) is 60.2 Å². The second-order valence-corrected chi connectivity index (χ2v) is 7.06. The molecule has 0 amide bonds. The molecule has 3 unspecified atom stereocenters. The highest BCUT2D eigenvalue weighted by Crippen LogP contribution is 2.52. The van der Waals surface area contributed by atoms with Gasteiger partial charge >= 0.3 is 0 Å². The van der Waals surface area contributed by atoms with Gasteiger partial charge in [0.1, 0.15) is 12.7 Å². The smallest absolute Gasteiger partial charge is 0.137 e. The first-order chi connectivity index (χ1) is 11.6. The van der Waals surface area contributed by atoms with Gasteiger partial charge in [0, 0.05) is 18.4 Å². The molecular weight excluding hydrogens is 326 g/mol. The van der Waals surface area contributed by atoms with Crippen molar-refractivity contribution in [2.75, 3.05) is 19.6 Å². The SMILES string of the molecule is COCC1(CCl)CCC(Cc2ccccc2)C1(O)Cn1cncn1. The van der Waals surface area contributed by atoms with Crippen LogP contribution >= 0.6 is 11.6 Å². The third-order valence-corrected chi connectivity index (χ3v) is 5.95. The number of aromatic nitrogens is 3. The zero-order valence-electron chi connectivity index (χ0n) is 13.9. The summed E-state index contributed by atoms with van der Waals surface area (Å²) in [7, 11) is 1.66. The molecule has 0 saturated heterocycles. The van der Waals surface area contributed by atoms with E-state index in [2.05, 4.69) is 22.2 Å². The van der Waals surface area contributed by atoms with E-state index >= 15 is 0 Å². The fourth-order valence-electron chi connectivity index (χ4n) is 4.06. The van der Waals surface area contributed by atoms with Gasteiger partial charge in [0.15, 0.2) is 0 Å². The predicted octanol–water partition coefficient (Wildman–Crippen LogP) is 2.53. The van der Waals surface area contributed by atoms with Crippen molar-refractivity contribution in [2.45, 2.75) is 31.4 Å². The summed E-state index contributed by atoms with van der Waals surface area (Å²) in [5, 5.41) is 16.0. The molecule has 1 aromatic heterocycles. The van der Waals surface area contributed by atoms with Crippen LogP contribution in [-0.2, 0) is 17.7 Å². The zero-order chi connectivity index (χ0) is 17.0. The summed E-state index contributed by atoms with van der Waals surface area (Å²) in [4.78, 5) is 4.00. The maximum absolute atomic E-state index is 11.8. The van der Waals surface area contributed by atoms with Crippen LogP contribution in [0.15, 0.2) is 43.0 Å². The summed E-state index contributed by atoms with van der Waals surface area (Å²) in [5.74, 6) is 0.454. The van der Waals surface area contributed by atoms with E-state index < -0.39 is 11.0 Å². The summed E-state index contributed by atoms with van der Waals surface area (Å²) in [6.45, 7) is 0.813. The van der Waals surface area contributed by atoms with E-state index in [0.717, 1.165) is 19.3 Å². The third-order valence-electron chi connectivity index (χ3n) is 5.44. The molecule has 1 aliphatic rings. The van der Waals surface area contributed by atoms with Gasteiger partial charge in [-0.25, -0.2) is 4.98 Å². The Hall–Kier alpha value is -1.43. The van der Waals surface area contributed by atoms with Crippen molar-refractivity contribution in [1.82, 2.24) is 14.8 Å². The third kappa shape index (κ3) is 3.08. The fourth-order valence-corrected chi connectivity index (χ4v) is 4.50. The maximum atomic E-state index is 11.8. The number of halogens is 1. The molecule has 1 saturated carbocycles. The Labute approximate surface area is 147 Å². The van der Waals surface area contributed by atoms with E-state index in [1.165, 1.54) is 11.9 Å². The molecule has 0 aliphatic heterocycles. The van der Waals surface area contributed by atoms with Gasteiger partial charge < -0.3 is 9.84 Å². The molecule has 3 rings (SSSR count). The lowest BCUT2D eigenvalue weighted by atomic mass is 9.71. The number of methoxy groups -OCH3 is 1. The van der Waals surface area contributed by atoms with Crippen molar-refractivity contribution in [3.8, 4) is 0 Å². The quantitative estimate of drug-likeness (QED) is 0.780. The predicted molar refractivity (Wildman–Crippen MR) is 92.9 cm³/mol. The van der Waals surface area contributed by atoms with Crippen molar-refractivity contribution in [1.29, 1.82) is 0 Å².